The van der Waals surface area contributed by atoms with Gasteiger partial charge in [0.05, 0.1) is 15.9 Å². The molecule has 1 aliphatic heterocycles. The van der Waals surface area contributed by atoms with Crippen molar-refractivity contribution in [3.05, 3.63) is 28.3 Å². The molecule has 0 radical (unpaired) electrons. The van der Waals surface area contributed by atoms with Crippen LogP contribution in [0.1, 0.15) is 40.5 Å². The highest BCUT2D eigenvalue weighted by Gasteiger charge is 2.33. The number of piperidine rings is 1. The summed E-state index contributed by atoms with van der Waals surface area (Å²) in [5, 5.41) is 14.5. The predicted molar refractivity (Wildman–Crippen MR) is 109 cm³/mol. The lowest BCUT2D eigenvalue weighted by Gasteiger charge is -2.34. The van der Waals surface area contributed by atoms with Crippen LogP contribution >= 0.6 is 0 Å². The van der Waals surface area contributed by atoms with Gasteiger partial charge in [-0.1, -0.05) is 13.8 Å². The van der Waals surface area contributed by atoms with Gasteiger partial charge in [-0.3, -0.25) is 10.1 Å². The number of nitrogens with zero attached hydrogens (tertiary/aromatic N) is 2. The summed E-state index contributed by atoms with van der Waals surface area (Å²) in [6.45, 7) is 9.87. The van der Waals surface area contributed by atoms with E-state index in [-0.39, 0.29) is 28.5 Å². The Kier molecular flexibility index (Phi) is 7.79. The molecule has 2 atom stereocenters. The average Bonchev–Trinajstić information content (AvgIpc) is 2.60. The third-order valence-electron chi connectivity index (χ3n) is 4.73. The lowest BCUT2D eigenvalue weighted by molar-refractivity contribution is -0.384. The third-order valence-corrected chi connectivity index (χ3v) is 6.55. The zero-order chi connectivity index (χ0) is 20.9. The van der Waals surface area contributed by atoms with Crippen LogP contribution < -0.4 is 5.32 Å². The van der Waals surface area contributed by atoms with Gasteiger partial charge in [0.15, 0.2) is 0 Å². The third kappa shape index (κ3) is 5.89. The number of anilines is 1. The van der Waals surface area contributed by atoms with Crippen LogP contribution in [0.5, 0.6) is 0 Å². The van der Waals surface area contributed by atoms with Crippen molar-refractivity contribution in [1.29, 1.82) is 0 Å². The van der Waals surface area contributed by atoms with E-state index >= 15 is 0 Å². The number of nitro benzene ring substituents is 1. The Morgan fingerprint density at radius 3 is 2.50 bits per heavy atom. The van der Waals surface area contributed by atoms with Crippen molar-refractivity contribution in [3.63, 3.8) is 0 Å². The summed E-state index contributed by atoms with van der Waals surface area (Å²) in [6.07, 6.45) is 1.81. The number of ether oxygens (including phenoxy) is 1. The Bertz CT molecular complexity index is 772. The van der Waals surface area contributed by atoms with Gasteiger partial charge in [-0.05, 0) is 50.7 Å². The molecule has 28 heavy (non-hydrogen) atoms. The van der Waals surface area contributed by atoms with Crippen molar-refractivity contribution in [2.75, 3.05) is 31.6 Å². The van der Waals surface area contributed by atoms with Crippen molar-refractivity contribution in [2.45, 2.75) is 51.5 Å². The minimum Gasteiger partial charge on any atom is -0.379 e. The zero-order valence-electron chi connectivity index (χ0n) is 17.1. The number of rotatable bonds is 9. The second kappa shape index (κ2) is 9.67. The van der Waals surface area contributed by atoms with Crippen LogP contribution in [0.3, 0.4) is 0 Å². The van der Waals surface area contributed by atoms with E-state index in [1.807, 2.05) is 27.7 Å². The Morgan fingerprint density at radius 2 is 1.93 bits per heavy atom. The topological polar surface area (TPSA) is 102 Å². The Labute approximate surface area is 167 Å². The van der Waals surface area contributed by atoms with Crippen LogP contribution in [0, 0.1) is 22.0 Å². The van der Waals surface area contributed by atoms with E-state index in [1.54, 1.807) is 0 Å². The van der Waals surface area contributed by atoms with Crippen molar-refractivity contribution in [2.24, 2.45) is 11.8 Å². The van der Waals surface area contributed by atoms with E-state index in [0.717, 1.165) is 12.5 Å². The molecular formula is C19H31N3O5S. The maximum Gasteiger partial charge on any atom is 0.293 e. The number of benzene rings is 1. The number of hydrogen-bond acceptors (Lipinski definition) is 6. The quantitative estimate of drug-likeness (QED) is 0.378. The molecule has 1 saturated heterocycles. The van der Waals surface area contributed by atoms with E-state index < -0.39 is 14.9 Å². The normalized spacial score (nSPS) is 21.0. The summed E-state index contributed by atoms with van der Waals surface area (Å²) in [5.74, 6) is 0.532. The van der Waals surface area contributed by atoms with Crippen molar-refractivity contribution in [1.82, 2.24) is 4.31 Å². The number of nitrogens with one attached hydrogen (secondary N) is 1. The maximum atomic E-state index is 13.0. The fourth-order valence-corrected chi connectivity index (χ4v) is 5.24. The predicted octanol–water partition coefficient (Wildman–Crippen LogP) is 3.49. The Morgan fingerprint density at radius 1 is 1.29 bits per heavy atom. The highest BCUT2D eigenvalue weighted by molar-refractivity contribution is 7.89. The van der Waals surface area contributed by atoms with Crippen LogP contribution in [0.2, 0.25) is 0 Å². The lowest BCUT2D eigenvalue weighted by Crippen LogP contribution is -2.42. The zero-order valence-corrected chi connectivity index (χ0v) is 17.9. The monoisotopic (exact) mass is 413 g/mol. The molecule has 0 amide bonds. The fourth-order valence-electron chi connectivity index (χ4n) is 3.54. The molecule has 2 rings (SSSR count). The first-order valence-corrected chi connectivity index (χ1v) is 11.2. The molecule has 1 N–H and O–H groups in total. The molecule has 0 aliphatic carbocycles. The van der Waals surface area contributed by atoms with Gasteiger partial charge in [-0.15, -0.1) is 0 Å². The number of nitro groups is 1. The molecule has 0 saturated carbocycles. The molecule has 1 aliphatic rings. The molecule has 0 spiro atoms. The largest absolute Gasteiger partial charge is 0.379 e. The first-order valence-electron chi connectivity index (χ1n) is 9.75. The summed E-state index contributed by atoms with van der Waals surface area (Å²) in [7, 11) is -3.76. The van der Waals surface area contributed by atoms with E-state index in [4.69, 9.17) is 4.74 Å². The summed E-state index contributed by atoms with van der Waals surface area (Å²) < 4.78 is 32.9. The van der Waals surface area contributed by atoms with Crippen molar-refractivity contribution >= 4 is 21.4 Å². The number of hydrogen-bond donors (Lipinski definition) is 1. The maximum absolute atomic E-state index is 13.0. The summed E-state index contributed by atoms with van der Waals surface area (Å²) in [6, 6.07) is 4.08. The molecule has 1 heterocycles. The highest BCUT2D eigenvalue weighted by atomic mass is 32.2. The minimum atomic E-state index is -3.76. The first kappa shape index (κ1) is 22.6. The second-order valence-electron chi connectivity index (χ2n) is 7.90. The van der Waals surface area contributed by atoms with Crippen LogP contribution in [0.25, 0.3) is 0 Å². The molecule has 0 unspecified atom stereocenters. The smallest absolute Gasteiger partial charge is 0.293 e. The SMILES string of the molecule is CC(C)OCCCNc1ccc(S(=O)(=O)N2C[C@H](C)C[C@@H](C)C2)cc1[N+](=O)[O-]. The number of sulfonamides is 1. The Balaban J connectivity index is 2.16. The molecule has 9 heteroatoms. The van der Waals surface area contributed by atoms with Gasteiger partial charge in [0.2, 0.25) is 10.0 Å². The van der Waals surface area contributed by atoms with Crippen LogP contribution in [0.4, 0.5) is 11.4 Å². The molecule has 1 aromatic carbocycles. The molecule has 1 aromatic rings. The van der Waals surface area contributed by atoms with Crippen LogP contribution in [-0.4, -0.2) is 50.0 Å². The van der Waals surface area contributed by atoms with E-state index in [0.29, 0.717) is 38.3 Å². The molecule has 0 aromatic heterocycles. The van der Waals surface area contributed by atoms with Crippen molar-refractivity contribution < 1.29 is 18.1 Å². The summed E-state index contributed by atoms with van der Waals surface area (Å²) in [4.78, 5) is 10.9. The summed E-state index contributed by atoms with van der Waals surface area (Å²) in [5.41, 5.74) is 0.0813. The second-order valence-corrected chi connectivity index (χ2v) is 9.84. The van der Waals surface area contributed by atoms with Gasteiger partial charge < -0.3 is 10.1 Å². The Hall–Kier alpha value is -1.71. The van der Waals surface area contributed by atoms with Gasteiger partial charge in [0.25, 0.3) is 5.69 Å². The highest BCUT2D eigenvalue weighted by Crippen LogP contribution is 2.31. The minimum absolute atomic E-state index is 0.0332. The lowest BCUT2D eigenvalue weighted by atomic mass is 9.94. The van der Waals surface area contributed by atoms with E-state index in [1.165, 1.54) is 16.4 Å². The first-order chi connectivity index (χ1) is 13.1. The molecular weight excluding hydrogens is 382 g/mol. The van der Waals surface area contributed by atoms with Gasteiger partial charge >= 0.3 is 0 Å². The van der Waals surface area contributed by atoms with E-state index in [9.17, 15) is 18.5 Å². The molecule has 0 bridgehead atoms. The van der Waals surface area contributed by atoms with Gasteiger partial charge in [0, 0.05) is 32.3 Å². The average molecular weight is 414 g/mol. The molecule has 8 nitrogen and oxygen atoms in total. The standard InChI is InChI=1S/C19H31N3O5S/c1-14(2)27-9-5-8-20-18-7-6-17(11-19(18)22(23)24)28(25,26)21-12-15(3)10-16(4)13-21/h6-7,11,14-16,20H,5,8-10,12-13H2,1-4H3/t15-,16-/m1/s1. The van der Waals surface area contributed by atoms with Crippen LogP contribution in [0.15, 0.2) is 23.1 Å². The molecule has 158 valence electrons. The van der Waals surface area contributed by atoms with Crippen LogP contribution in [-0.2, 0) is 14.8 Å². The van der Waals surface area contributed by atoms with Gasteiger partial charge in [-0.2, -0.15) is 4.31 Å². The molecule has 1 fully saturated rings. The van der Waals surface area contributed by atoms with Crippen molar-refractivity contribution in [3.8, 4) is 0 Å². The fraction of sp³-hybridized carbons (Fsp3) is 0.684. The van der Waals surface area contributed by atoms with Gasteiger partial charge in [-0.25, -0.2) is 8.42 Å². The summed E-state index contributed by atoms with van der Waals surface area (Å²) >= 11 is 0. The van der Waals surface area contributed by atoms with Gasteiger partial charge in [0.1, 0.15) is 5.69 Å². The van der Waals surface area contributed by atoms with E-state index in [2.05, 4.69) is 5.32 Å².